The van der Waals surface area contributed by atoms with Crippen molar-refractivity contribution in [3.05, 3.63) is 60.1 Å². The van der Waals surface area contributed by atoms with Gasteiger partial charge in [-0.3, -0.25) is 0 Å². The normalized spacial score (nSPS) is 11.0. The van der Waals surface area contributed by atoms with Gasteiger partial charge in [-0.15, -0.1) is 0 Å². The molecule has 3 rings (SSSR count). The molecule has 0 aliphatic rings. The second-order valence-electron chi connectivity index (χ2n) is 6.56. The van der Waals surface area contributed by atoms with Gasteiger partial charge < -0.3 is 14.4 Å². The summed E-state index contributed by atoms with van der Waals surface area (Å²) in [4.78, 5) is 18.0. The molecule has 3 aromatic rings. The van der Waals surface area contributed by atoms with Gasteiger partial charge in [0.15, 0.2) is 0 Å². The number of aromatic nitrogens is 1. The molecule has 0 radical (unpaired) electrons. The molecular formula is C23H26N3O3S+. The first kappa shape index (κ1) is 21.5. The molecule has 1 heterocycles. The quantitative estimate of drug-likeness (QED) is 0.225. The van der Waals surface area contributed by atoms with Crippen molar-refractivity contribution < 1.29 is 18.8 Å². The van der Waals surface area contributed by atoms with Crippen LogP contribution in [-0.2, 0) is 16.6 Å². The van der Waals surface area contributed by atoms with Crippen molar-refractivity contribution in [3.63, 3.8) is 0 Å². The number of thiazole rings is 1. The lowest BCUT2D eigenvalue weighted by Gasteiger charge is -2.22. The highest BCUT2D eigenvalue weighted by Gasteiger charge is 2.15. The number of methoxy groups -OCH3 is 1. The topological polar surface area (TPSA) is 55.0 Å². The molecule has 0 fully saturated rings. The molecule has 0 amide bonds. The monoisotopic (exact) mass is 424 g/mol. The number of fused-ring (bicyclic) bond motifs is 1. The van der Waals surface area contributed by atoms with Crippen molar-refractivity contribution in [2.75, 3.05) is 31.7 Å². The van der Waals surface area contributed by atoms with Gasteiger partial charge in [0.25, 0.3) is 5.01 Å². The third kappa shape index (κ3) is 5.04. The molecule has 6 nitrogen and oxygen atoms in total. The smallest absolute Gasteiger partial charge is 0.330 e. The standard InChI is InChI=1S/C23H26N3O3S/c1-5-23(27)29-14-13-26(6-2)18-9-7-17(8-10-18)24-16-22-25(3)20-12-11-19(28-4)15-21(20)30-22/h5,7-12,15-16H,1,6,13-14H2,2-4H3/q+1. The van der Waals surface area contributed by atoms with Crippen molar-refractivity contribution in [2.45, 2.75) is 6.92 Å². The van der Waals surface area contributed by atoms with Crippen molar-refractivity contribution in [3.8, 4) is 5.75 Å². The molecule has 0 unspecified atom stereocenters. The largest absolute Gasteiger partial charge is 0.497 e. The molecule has 0 saturated heterocycles. The predicted octanol–water partition coefficient (Wildman–Crippen LogP) is 4.04. The van der Waals surface area contributed by atoms with E-state index in [1.165, 1.54) is 6.08 Å². The third-order valence-electron chi connectivity index (χ3n) is 4.77. The van der Waals surface area contributed by atoms with Crippen LogP contribution in [0.3, 0.4) is 0 Å². The number of aliphatic imine (C=N–C) groups is 1. The fraction of sp³-hybridized carbons (Fsp3) is 0.261. The lowest BCUT2D eigenvalue weighted by atomic mass is 10.2. The first-order chi connectivity index (χ1) is 14.5. The fourth-order valence-corrected chi connectivity index (χ4v) is 4.11. The van der Waals surface area contributed by atoms with E-state index in [4.69, 9.17) is 9.47 Å². The number of rotatable bonds is 9. The number of benzene rings is 2. The summed E-state index contributed by atoms with van der Waals surface area (Å²) in [6.07, 6.45) is 3.06. The molecule has 0 aliphatic heterocycles. The molecule has 0 saturated carbocycles. The Labute approximate surface area is 180 Å². The molecule has 1 aromatic heterocycles. The van der Waals surface area contributed by atoms with Crippen LogP contribution in [0.25, 0.3) is 10.2 Å². The van der Waals surface area contributed by atoms with Crippen LogP contribution in [0, 0.1) is 0 Å². The van der Waals surface area contributed by atoms with Gasteiger partial charge in [-0.25, -0.2) is 9.79 Å². The van der Waals surface area contributed by atoms with Gasteiger partial charge in [0.05, 0.1) is 19.3 Å². The highest BCUT2D eigenvalue weighted by Crippen LogP contribution is 2.25. The van der Waals surface area contributed by atoms with E-state index >= 15 is 0 Å². The Bertz CT molecular complexity index is 1060. The van der Waals surface area contributed by atoms with Crippen molar-refractivity contribution in [2.24, 2.45) is 12.0 Å². The summed E-state index contributed by atoms with van der Waals surface area (Å²) in [6, 6.07) is 14.1. The average molecular weight is 425 g/mol. The Morgan fingerprint density at radius 1 is 1.27 bits per heavy atom. The second-order valence-corrected chi connectivity index (χ2v) is 7.62. The molecule has 0 atom stereocenters. The predicted molar refractivity (Wildman–Crippen MR) is 122 cm³/mol. The van der Waals surface area contributed by atoms with Gasteiger partial charge in [-0.1, -0.05) is 17.9 Å². The van der Waals surface area contributed by atoms with E-state index in [2.05, 4.69) is 34.0 Å². The van der Waals surface area contributed by atoms with E-state index in [0.29, 0.717) is 13.2 Å². The van der Waals surface area contributed by atoms with Crippen LogP contribution >= 0.6 is 11.3 Å². The van der Waals surface area contributed by atoms with Crippen LogP contribution in [0.1, 0.15) is 11.9 Å². The summed E-state index contributed by atoms with van der Waals surface area (Å²) >= 11 is 1.67. The number of nitrogens with zero attached hydrogens (tertiary/aromatic N) is 3. The number of aryl methyl sites for hydroxylation is 1. The molecule has 7 heteroatoms. The molecule has 30 heavy (non-hydrogen) atoms. The van der Waals surface area contributed by atoms with E-state index in [-0.39, 0.29) is 0 Å². The van der Waals surface area contributed by atoms with Gasteiger partial charge >= 0.3 is 5.97 Å². The summed E-state index contributed by atoms with van der Waals surface area (Å²) < 4.78 is 13.7. The van der Waals surface area contributed by atoms with E-state index in [0.717, 1.165) is 38.9 Å². The molecule has 2 aromatic carbocycles. The van der Waals surface area contributed by atoms with Crippen LogP contribution in [-0.4, -0.2) is 39.0 Å². The lowest BCUT2D eigenvalue weighted by molar-refractivity contribution is -0.641. The number of likely N-dealkylation sites (N-methyl/N-ethyl adjacent to an activating group) is 1. The van der Waals surface area contributed by atoms with E-state index in [1.54, 1.807) is 18.4 Å². The first-order valence-electron chi connectivity index (χ1n) is 9.70. The third-order valence-corrected chi connectivity index (χ3v) is 5.90. The zero-order valence-electron chi connectivity index (χ0n) is 17.5. The van der Waals surface area contributed by atoms with Gasteiger partial charge in [0.1, 0.15) is 30.3 Å². The summed E-state index contributed by atoms with van der Waals surface area (Å²) in [5.74, 6) is 0.451. The molecule has 0 aliphatic carbocycles. The zero-order valence-corrected chi connectivity index (χ0v) is 18.3. The lowest BCUT2D eigenvalue weighted by Crippen LogP contribution is -2.30. The van der Waals surface area contributed by atoms with Gasteiger partial charge in [0.2, 0.25) is 5.52 Å². The number of ether oxygens (including phenoxy) is 2. The molecule has 0 spiro atoms. The SMILES string of the molecule is C=CC(=O)OCCN(CC)c1ccc(N=Cc2sc3cc(OC)ccc3[n+]2C)cc1. The number of carbonyl (C=O) groups is 1. The number of hydrogen-bond donors (Lipinski definition) is 0. The molecule has 0 bridgehead atoms. The first-order valence-corrected chi connectivity index (χ1v) is 10.5. The Hall–Kier alpha value is -3.19. The summed E-state index contributed by atoms with van der Waals surface area (Å²) in [5, 5.41) is 1.06. The Kier molecular flexibility index (Phi) is 7.19. The van der Waals surface area contributed by atoms with Crippen LogP contribution in [0.5, 0.6) is 5.75 Å². The molecule has 156 valence electrons. The van der Waals surface area contributed by atoms with E-state index in [1.807, 2.05) is 49.7 Å². The van der Waals surface area contributed by atoms with Crippen LogP contribution in [0.4, 0.5) is 11.4 Å². The number of anilines is 1. The average Bonchev–Trinajstić information content (AvgIpc) is 3.10. The fourth-order valence-electron chi connectivity index (χ4n) is 3.06. The minimum absolute atomic E-state index is 0.325. The van der Waals surface area contributed by atoms with Crippen molar-refractivity contribution >= 4 is 45.1 Å². The minimum atomic E-state index is -0.399. The van der Waals surface area contributed by atoms with Crippen molar-refractivity contribution in [1.82, 2.24) is 0 Å². The van der Waals surface area contributed by atoms with E-state index in [9.17, 15) is 4.79 Å². The van der Waals surface area contributed by atoms with Gasteiger partial charge in [-0.05, 0) is 37.3 Å². The van der Waals surface area contributed by atoms with Crippen LogP contribution < -0.4 is 14.2 Å². The van der Waals surface area contributed by atoms with E-state index < -0.39 is 5.97 Å². The maximum absolute atomic E-state index is 11.2. The van der Waals surface area contributed by atoms with Crippen LogP contribution in [0.2, 0.25) is 0 Å². The number of carbonyl (C=O) groups excluding carboxylic acids is 1. The zero-order chi connectivity index (χ0) is 21.5. The highest BCUT2D eigenvalue weighted by molar-refractivity contribution is 7.19. The Morgan fingerprint density at radius 2 is 2.03 bits per heavy atom. The van der Waals surface area contributed by atoms with Crippen LogP contribution in [0.15, 0.2) is 60.1 Å². The van der Waals surface area contributed by atoms with Gasteiger partial charge in [0, 0.05) is 30.4 Å². The van der Waals surface area contributed by atoms with Gasteiger partial charge in [-0.2, -0.15) is 4.57 Å². The molecular weight excluding hydrogens is 398 g/mol. The summed E-state index contributed by atoms with van der Waals surface area (Å²) in [5.41, 5.74) is 3.09. The van der Waals surface area contributed by atoms with Crippen molar-refractivity contribution in [1.29, 1.82) is 0 Å². The number of esters is 1. The Morgan fingerprint density at radius 3 is 2.70 bits per heavy atom. The second kappa shape index (κ2) is 10.0. The Balaban J connectivity index is 1.69. The summed E-state index contributed by atoms with van der Waals surface area (Å²) in [6.45, 7) is 7.24. The maximum atomic E-state index is 11.2. The number of hydrogen-bond acceptors (Lipinski definition) is 6. The maximum Gasteiger partial charge on any atom is 0.330 e. The summed E-state index contributed by atoms with van der Waals surface area (Å²) in [7, 11) is 3.71. The highest BCUT2D eigenvalue weighted by atomic mass is 32.1. The molecule has 0 N–H and O–H groups in total. The minimum Gasteiger partial charge on any atom is -0.497 e.